The van der Waals surface area contributed by atoms with E-state index in [1.54, 1.807) is 29.2 Å². The van der Waals surface area contributed by atoms with Gasteiger partial charge in [0.1, 0.15) is 17.7 Å². The van der Waals surface area contributed by atoms with Gasteiger partial charge < -0.3 is 9.42 Å². The smallest absolute Gasteiger partial charge is 0.249 e. The summed E-state index contributed by atoms with van der Waals surface area (Å²) in [5.41, 5.74) is 1.40. The average Bonchev–Trinajstić information content (AvgIpc) is 3.33. The Hall–Kier alpha value is -3.09. The molecule has 0 aliphatic carbocycles. The van der Waals surface area contributed by atoms with Crippen molar-refractivity contribution in [2.45, 2.75) is 25.3 Å². The Morgan fingerprint density at radius 2 is 1.74 bits per heavy atom. The fourth-order valence-electron chi connectivity index (χ4n) is 3.29. The van der Waals surface area contributed by atoms with Gasteiger partial charge in [-0.15, -0.1) is 0 Å². The van der Waals surface area contributed by atoms with Crippen LogP contribution in [0.5, 0.6) is 0 Å². The van der Waals surface area contributed by atoms with Crippen LogP contribution in [0.4, 0.5) is 8.78 Å². The summed E-state index contributed by atoms with van der Waals surface area (Å²) in [7, 11) is 0. The van der Waals surface area contributed by atoms with E-state index in [9.17, 15) is 13.6 Å². The molecule has 0 radical (unpaired) electrons. The first-order chi connectivity index (χ1) is 13.1. The Kier molecular flexibility index (Phi) is 4.66. The average molecular weight is 369 g/mol. The van der Waals surface area contributed by atoms with Gasteiger partial charge in [0.05, 0.1) is 6.42 Å². The molecule has 2 aromatic carbocycles. The summed E-state index contributed by atoms with van der Waals surface area (Å²) in [6.07, 6.45) is 1.77. The van der Waals surface area contributed by atoms with Crippen LogP contribution in [0.15, 0.2) is 53.1 Å². The highest BCUT2D eigenvalue weighted by Crippen LogP contribution is 2.32. The number of amides is 1. The van der Waals surface area contributed by atoms with Gasteiger partial charge in [-0.2, -0.15) is 4.98 Å². The van der Waals surface area contributed by atoms with Gasteiger partial charge in [0.15, 0.2) is 0 Å². The zero-order valence-electron chi connectivity index (χ0n) is 14.4. The van der Waals surface area contributed by atoms with Gasteiger partial charge in [0, 0.05) is 12.1 Å². The number of benzene rings is 2. The third-order valence-corrected chi connectivity index (χ3v) is 4.67. The van der Waals surface area contributed by atoms with Crippen LogP contribution in [0.25, 0.3) is 11.4 Å². The van der Waals surface area contributed by atoms with Gasteiger partial charge in [-0.3, -0.25) is 4.79 Å². The SMILES string of the molecule is O=C(Cc1ccc(F)cc1)N1CCC[C@@H]1c1nc(-c2ccc(F)cc2)no1. The Balaban J connectivity index is 1.50. The monoisotopic (exact) mass is 369 g/mol. The first-order valence-corrected chi connectivity index (χ1v) is 8.73. The molecular formula is C20H17F2N3O2. The molecule has 1 amide bonds. The summed E-state index contributed by atoms with van der Waals surface area (Å²) in [4.78, 5) is 18.8. The van der Waals surface area contributed by atoms with Crippen LogP contribution in [-0.4, -0.2) is 27.5 Å². The third-order valence-electron chi connectivity index (χ3n) is 4.67. The fourth-order valence-corrected chi connectivity index (χ4v) is 3.29. The molecule has 7 heteroatoms. The van der Waals surface area contributed by atoms with Crippen molar-refractivity contribution in [1.82, 2.24) is 15.0 Å². The van der Waals surface area contributed by atoms with E-state index >= 15 is 0 Å². The van der Waals surface area contributed by atoms with Gasteiger partial charge in [0.2, 0.25) is 17.6 Å². The Morgan fingerprint density at radius 1 is 1.07 bits per heavy atom. The molecule has 2 heterocycles. The lowest BCUT2D eigenvalue weighted by Crippen LogP contribution is -2.32. The topological polar surface area (TPSA) is 59.2 Å². The molecule has 138 valence electrons. The standard InChI is InChI=1S/C20H17F2N3O2/c21-15-7-3-13(4-8-15)12-18(26)25-11-1-2-17(25)20-23-19(24-27-20)14-5-9-16(22)10-6-14/h3-10,17H,1-2,11-12H2/t17-/m1/s1. The molecule has 1 atom stereocenters. The largest absolute Gasteiger partial charge is 0.337 e. The molecule has 1 saturated heterocycles. The predicted molar refractivity (Wildman–Crippen MR) is 93.5 cm³/mol. The number of halogens is 2. The molecular weight excluding hydrogens is 352 g/mol. The molecule has 0 saturated carbocycles. The van der Waals surface area contributed by atoms with Crippen molar-refractivity contribution >= 4 is 5.91 Å². The molecule has 0 N–H and O–H groups in total. The van der Waals surface area contributed by atoms with E-state index in [1.165, 1.54) is 24.3 Å². The molecule has 27 heavy (non-hydrogen) atoms. The first kappa shape index (κ1) is 17.3. The lowest BCUT2D eigenvalue weighted by Gasteiger charge is -2.21. The molecule has 5 nitrogen and oxygen atoms in total. The molecule has 0 spiro atoms. The fraction of sp³-hybridized carbons (Fsp3) is 0.250. The van der Waals surface area contributed by atoms with E-state index in [2.05, 4.69) is 10.1 Å². The van der Waals surface area contributed by atoms with Crippen molar-refractivity contribution in [3.63, 3.8) is 0 Å². The Bertz CT molecular complexity index is 939. The van der Waals surface area contributed by atoms with E-state index < -0.39 is 0 Å². The van der Waals surface area contributed by atoms with Crippen LogP contribution in [0, 0.1) is 11.6 Å². The van der Waals surface area contributed by atoms with E-state index in [0.717, 1.165) is 18.4 Å². The van der Waals surface area contributed by atoms with Crippen LogP contribution in [0.2, 0.25) is 0 Å². The molecule has 1 fully saturated rings. The predicted octanol–water partition coefficient (Wildman–Crippen LogP) is 3.92. The van der Waals surface area contributed by atoms with Crippen molar-refractivity contribution in [3.8, 4) is 11.4 Å². The summed E-state index contributed by atoms with van der Waals surface area (Å²) < 4.78 is 31.5. The maximum absolute atomic E-state index is 13.1. The van der Waals surface area contributed by atoms with Crippen molar-refractivity contribution in [3.05, 3.63) is 71.6 Å². The zero-order chi connectivity index (χ0) is 18.8. The second-order valence-electron chi connectivity index (χ2n) is 6.51. The highest BCUT2D eigenvalue weighted by Gasteiger charge is 2.34. The number of hydrogen-bond donors (Lipinski definition) is 0. The quantitative estimate of drug-likeness (QED) is 0.699. The first-order valence-electron chi connectivity index (χ1n) is 8.73. The molecule has 0 bridgehead atoms. The lowest BCUT2D eigenvalue weighted by molar-refractivity contribution is -0.131. The van der Waals surface area contributed by atoms with Crippen molar-refractivity contribution in [2.24, 2.45) is 0 Å². The summed E-state index contributed by atoms with van der Waals surface area (Å²) in [5, 5.41) is 3.96. The van der Waals surface area contributed by atoms with Gasteiger partial charge in [-0.1, -0.05) is 17.3 Å². The van der Waals surface area contributed by atoms with Gasteiger partial charge in [0.25, 0.3) is 0 Å². The van der Waals surface area contributed by atoms with E-state index in [4.69, 9.17) is 4.52 Å². The maximum atomic E-state index is 13.1. The van der Waals surface area contributed by atoms with Crippen LogP contribution in [0.3, 0.4) is 0 Å². The lowest BCUT2D eigenvalue weighted by atomic mass is 10.1. The van der Waals surface area contributed by atoms with Crippen LogP contribution < -0.4 is 0 Å². The minimum absolute atomic E-state index is 0.0642. The number of carbonyl (C=O) groups is 1. The van der Waals surface area contributed by atoms with Crippen molar-refractivity contribution < 1.29 is 18.1 Å². The Morgan fingerprint density at radius 3 is 2.44 bits per heavy atom. The van der Waals surface area contributed by atoms with Crippen LogP contribution in [0.1, 0.15) is 30.3 Å². The summed E-state index contributed by atoms with van der Waals surface area (Å²) in [5.74, 6) is 0.00742. The van der Waals surface area contributed by atoms with Crippen molar-refractivity contribution in [1.29, 1.82) is 0 Å². The Labute approximate surface area is 154 Å². The third kappa shape index (κ3) is 3.72. The van der Waals surface area contributed by atoms with E-state index in [1.807, 2.05) is 0 Å². The molecule has 4 rings (SSSR count). The minimum Gasteiger partial charge on any atom is -0.337 e. The number of hydrogen-bond acceptors (Lipinski definition) is 4. The second-order valence-corrected chi connectivity index (χ2v) is 6.51. The van der Waals surface area contributed by atoms with E-state index in [-0.39, 0.29) is 30.0 Å². The van der Waals surface area contributed by atoms with Gasteiger partial charge in [-0.05, 0) is 54.8 Å². The number of likely N-dealkylation sites (tertiary alicyclic amines) is 1. The highest BCUT2D eigenvalue weighted by molar-refractivity contribution is 5.79. The second kappa shape index (κ2) is 7.26. The summed E-state index contributed by atoms with van der Waals surface area (Å²) in [6.45, 7) is 0.610. The number of nitrogens with zero attached hydrogens (tertiary/aromatic N) is 3. The molecule has 1 aliphatic heterocycles. The molecule has 1 aromatic heterocycles. The molecule has 3 aromatic rings. The van der Waals surface area contributed by atoms with Gasteiger partial charge in [-0.25, -0.2) is 8.78 Å². The number of aromatic nitrogens is 2. The summed E-state index contributed by atoms with van der Waals surface area (Å²) in [6, 6.07) is 11.5. The van der Waals surface area contributed by atoms with Crippen molar-refractivity contribution in [2.75, 3.05) is 6.54 Å². The normalized spacial score (nSPS) is 16.7. The number of carbonyl (C=O) groups excluding carboxylic acids is 1. The zero-order valence-corrected chi connectivity index (χ0v) is 14.4. The molecule has 0 unspecified atom stereocenters. The minimum atomic E-state index is -0.337. The summed E-state index contributed by atoms with van der Waals surface area (Å²) >= 11 is 0. The number of rotatable bonds is 4. The highest BCUT2D eigenvalue weighted by atomic mass is 19.1. The van der Waals surface area contributed by atoms with E-state index in [0.29, 0.717) is 23.8 Å². The van der Waals surface area contributed by atoms with Crippen LogP contribution >= 0.6 is 0 Å². The van der Waals surface area contributed by atoms with Crippen LogP contribution in [-0.2, 0) is 11.2 Å². The van der Waals surface area contributed by atoms with Gasteiger partial charge >= 0.3 is 0 Å². The molecule has 1 aliphatic rings. The maximum Gasteiger partial charge on any atom is 0.249 e.